The molecule has 2 aromatic carbocycles. The van der Waals surface area contributed by atoms with Crippen molar-refractivity contribution in [3.8, 4) is 28.3 Å². The molecule has 0 unspecified atom stereocenters. The molecule has 0 spiro atoms. The molecule has 2 heterocycles. The Balaban J connectivity index is 1.70. The third-order valence-electron chi connectivity index (χ3n) is 5.29. The lowest BCUT2D eigenvalue weighted by Crippen LogP contribution is -2.34. The van der Waals surface area contributed by atoms with Gasteiger partial charge in [0.15, 0.2) is 0 Å². The summed E-state index contributed by atoms with van der Waals surface area (Å²) in [6.07, 6.45) is 0.558. The summed E-state index contributed by atoms with van der Waals surface area (Å²) < 4.78 is 51.7. The Hall–Kier alpha value is -4.06. The first kappa shape index (κ1) is 24.1. The molecular formula is C23H22F3N5O4. The van der Waals surface area contributed by atoms with E-state index in [0.29, 0.717) is 17.7 Å². The number of carbonyl (C=O) groups is 1. The van der Waals surface area contributed by atoms with E-state index >= 15 is 0 Å². The van der Waals surface area contributed by atoms with Crippen LogP contribution in [0.1, 0.15) is 10.4 Å². The zero-order chi connectivity index (χ0) is 25.2. The quantitative estimate of drug-likeness (QED) is 0.394. The van der Waals surface area contributed by atoms with Crippen molar-refractivity contribution in [2.45, 2.75) is 12.7 Å². The zero-order valence-electron chi connectivity index (χ0n) is 18.8. The zero-order valence-corrected chi connectivity index (χ0v) is 18.8. The van der Waals surface area contributed by atoms with Gasteiger partial charge in [0.2, 0.25) is 0 Å². The fourth-order valence-corrected chi connectivity index (χ4v) is 3.67. The van der Waals surface area contributed by atoms with Gasteiger partial charge >= 0.3 is 6.18 Å². The molecule has 4 rings (SSSR count). The van der Waals surface area contributed by atoms with Crippen LogP contribution in [0.15, 0.2) is 49.1 Å². The minimum atomic E-state index is -4.55. The molecule has 0 saturated carbocycles. The van der Waals surface area contributed by atoms with Crippen molar-refractivity contribution in [3.63, 3.8) is 0 Å². The number of hydrogen-bond acceptors (Lipinski definition) is 6. The van der Waals surface area contributed by atoms with Crippen molar-refractivity contribution >= 4 is 16.9 Å². The molecular weight excluding hydrogens is 467 g/mol. The van der Waals surface area contributed by atoms with Crippen LogP contribution >= 0.6 is 0 Å². The number of aliphatic hydroxyl groups excluding tert-OH is 1. The van der Waals surface area contributed by atoms with Crippen LogP contribution in [0.3, 0.4) is 0 Å². The Bertz CT molecular complexity index is 1340. The number of fused-ring (bicyclic) bond motifs is 1. The molecule has 0 saturated heterocycles. The third-order valence-corrected chi connectivity index (χ3v) is 5.29. The number of methoxy groups -OCH3 is 2. The van der Waals surface area contributed by atoms with E-state index in [2.05, 4.69) is 10.1 Å². The summed E-state index contributed by atoms with van der Waals surface area (Å²) in [5.74, 6) is -0.868. The second kappa shape index (κ2) is 9.66. The van der Waals surface area contributed by atoms with Crippen molar-refractivity contribution in [1.29, 1.82) is 0 Å². The van der Waals surface area contributed by atoms with E-state index in [1.54, 1.807) is 21.8 Å². The molecule has 0 atom stereocenters. The van der Waals surface area contributed by atoms with E-state index in [9.17, 15) is 18.0 Å². The van der Waals surface area contributed by atoms with E-state index in [0.717, 1.165) is 16.6 Å². The first-order valence-electron chi connectivity index (χ1n) is 10.5. The van der Waals surface area contributed by atoms with Gasteiger partial charge in [0.25, 0.3) is 5.91 Å². The minimum absolute atomic E-state index is 0.0136. The second-order valence-corrected chi connectivity index (χ2v) is 7.56. The van der Waals surface area contributed by atoms with Gasteiger partial charge in [-0.25, -0.2) is 4.98 Å². The molecule has 2 aromatic heterocycles. The molecule has 4 aromatic rings. The number of imidazole rings is 1. The summed E-state index contributed by atoms with van der Waals surface area (Å²) in [5.41, 5.74) is 3.58. The van der Waals surface area contributed by atoms with Crippen LogP contribution in [0.2, 0.25) is 0 Å². The molecule has 0 radical (unpaired) electrons. The molecule has 0 aliphatic heterocycles. The van der Waals surface area contributed by atoms with E-state index in [4.69, 9.17) is 14.6 Å². The van der Waals surface area contributed by atoms with E-state index in [1.165, 1.54) is 26.4 Å². The van der Waals surface area contributed by atoms with Gasteiger partial charge in [-0.2, -0.15) is 18.3 Å². The molecule has 184 valence electrons. The van der Waals surface area contributed by atoms with Crippen LogP contribution in [0.5, 0.6) is 11.5 Å². The SMILES string of the molecule is COc1cc(-n2cnc3cc(-c4cnn(CCO)c4)ccc32)cc(OC)c1C(=O)NCC(F)(F)F. The summed E-state index contributed by atoms with van der Waals surface area (Å²) in [4.78, 5) is 16.9. The van der Waals surface area contributed by atoms with Crippen molar-refractivity contribution in [3.05, 3.63) is 54.6 Å². The highest BCUT2D eigenvalue weighted by Gasteiger charge is 2.30. The number of hydrogen-bond donors (Lipinski definition) is 2. The number of amides is 1. The van der Waals surface area contributed by atoms with Crippen LogP contribution in [-0.2, 0) is 6.54 Å². The van der Waals surface area contributed by atoms with Crippen LogP contribution in [0.25, 0.3) is 27.8 Å². The number of alkyl halides is 3. The fourth-order valence-electron chi connectivity index (χ4n) is 3.67. The minimum Gasteiger partial charge on any atom is -0.496 e. The monoisotopic (exact) mass is 489 g/mol. The summed E-state index contributed by atoms with van der Waals surface area (Å²) in [5, 5.41) is 15.1. The number of benzene rings is 2. The summed E-state index contributed by atoms with van der Waals surface area (Å²) in [6.45, 7) is -1.10. The third kappa shape index (κ3) is 5.06. The van der Waals surface area contributed by atoms with Crippen LogP contribution in [0.4, 0.5) is 13.2 Å². The van der Waals surface area contributed by atoms with Gasteiger partial charge in [-0.1, -0.05) is 6.07 Å². The van der Waals surface area contributed by atoms with Gasteiger partial charge in [-0.15, -0.1) is 0 Å². The highest BCUT2D eigenvalue weighted by Crippen LogP contribution is 2.34. The first-order chi connectivity index (χ1) is 16.7. The van der Waals surface area contributed by atoms with Crippen LogP contribution in [0, 0.1) is 0 Å². The molecule has 9 nitrogen and oxygen atoms in total. The molecule has 1 amide bonds. The maximum Gasteiger partial charge on any atom is 0.405 e. The molecule has 0 fully saturated rings. The molecule has 12 heteroatoms. The number of nitrogens with zero attached hydrogens (tertiary/aromatic N) is 4. The Morgan fingerprint density at radius 3 is 2.46 bits per heavy atom. The Morgan fingerprint density at radius 1 is 1.11 bits per heavy atom. The lowest BCUT2D eigenvalue weighted by atomic mass is 10.1. The summed E-state index contributed by atoms with van der Waals surface area (Å²) >= 11 is 0. The standard InChI is InChI=1S/C23H22F3N5O4/c1-34-19-8-16(9-20(35-2)21(19)22(33)27-12-23(24,25)26)31-13-28-17-7-14(3-4-18(17)31)15-10-29-30(11-15)5-6-32/h3-4,7-11,13,32H,5-6,12H2,1-2H3,(H,27,33). The van der Waals surface area contributed by atoms with Crippen molar-refractivity contribution < 1.29 is 32.5 Å². The first-order valence-corrected chi connectivity index (χ1v) is 10.5. The summed E-state index contributed by atoms with van der Waals surface area (Å²) in [6, 6.07) is 8.70. The highest BCUT2D eigenvalue weighted by molar-refractivity contribution is 6.00. The predicted molar refractivity (Wildman–Crippen MR) is 121 cm³/mol. The molecule has 35 heavy (non-hydrogen) atoms. The number of aliphatic hydroxyl groups is 1. The van der Waals surface area contributed by atoms with Gasteiger partial charge < -0.3 is 19.9 Å². The number of halogens is 3. The lowest BCUT2D eigenvalue weighted by Gasteiger charge is -2.16. The smallest absolute Gasteiger partial charge is 0.405 e. The average Bonchev–Trinajstić information content (AvgIpc) is 3.48. The summed E-state index contributed by atoms with van der Waals surface area (Å²) in [7, 11) is 2.63. The van der Waals surface area contributed by atoms with Crippen LogP contribution in [-0.4, -0.2) is 63.9 Å². The lowest BCUT2D eigenvalue weighted by molar-refractivity contribution is -0.123. The van der Waals surface area contributed by atoms with Crippen molar-refractivity contribution in [2.24, 2.45) is 0 Å². The van der Waals surface area contributed by atoms with Gasteiger partial charge in [0.1, 0.15) is 29.9 Å². The molecule has 2 N–H and O–H groups in total. The van der Waals surface area contributed by atoms with Crippen molar-refractivity contribution in [2.75, 3.05) is 27.4 Å². The Morgan fingerprint density at radius 2 is 1.83 bits per heavy atom. The number of nitrogens with one attached hydrogen (secondary N) is 1. The molecule has 0 bridgehead atoms. The fraction of sp³-hybridized carbons (Fsp3) is 0.261. The molecule has 0 aliphatic rings. The largest absolute Gasteiger partial charge is 0.496 e. The maximum absolute atomic E-state index is 12.6. The van der Waals surface area contributed by atoms with E-state index < -0.39 is 18.6 Å². The van der Waals surface area contributed by atoms with E-state index in [-0.39, 0.29) is 23.7 Å². The van der Waals surface area contributed by atoms with Crippen LogP contribution < -0.4 is 14.8 Å². The number of aromatic nitrogens is 4. The molecule has 0 aliphatic carbocycles. The second-order valence-electron chi connectivity index (χ2n) is 7.56. The van der Waals surface area contributed by atoms with Gasteiger partial charge in [0.05, 0.1) is 50.3 Å². The number of rotatable bonds is 8. The Kier molecular flexibility index (Phi) is 6.65. The number of ether oxygens (including phenoxy) is 2. The average molecular weight is 489 g/mol. The topological polar surface area (TPSA) is 103 Å². The van der Waals surface area contributed by atoms with Gasteiger partial charge in [-0.3, -0.25) is 14.0 Å². The normalized spacial score (nSPS) is 11.6. The van der Waals surface area contributed by atoms with E-state index in [1.807, 2.05) is 29.7 Å². The number of carbonyl (C=O) groups excluding carboxylic acids is 1. The van der Waals surface area contributed by atoms with Gasteiger partial charge in [0, 0.05) is 23.9 Å². The highest BCUT2D eigenvalue weighted by atomic mass is 19.4. The predicted octanol–water partition coefficient (Wildman–Crippen LogP) is 3.19. The van der Waals surface area contributed by atoms with Crippen molar-refractivity contribution in [1.82, 2.24) is 24.6 Å². The maximum atomic E-state index is 12.6. The van der Waals surface area contributed by atoms with Gasteiger partial charge in [-0.05, 0) is 17.7 Å². The Labute approximate surface area is 197 Å².